The van der Waals surface area contributed by atoms with Crippen LogP contribution in [-0.2, 0) is 18.6 Å². The molecule has 0 radical (unpaired) electrons. The van der Waals surface area contributed by atoms with Gasteiger partial charge >= 0.3 is 11.9 Å². The number of carboxylic acids is 2. The first kappa shape index (κ1) is 48.3. The molecule has 6 nitrogen and oxygen atoms in total. The average molecular weight is 1020 g/mol. The summed E-state index contributed by atoms with van der Waals surface area (Å²) in [5.41, 5.74) is 15.3. The van der Waals surface area contributed by atoms with Crippen molar-refractivity contribution in [3.63, 3.8) is 0 Å². The summed E-state index contributed by atoms with van der Waals surface area (Å²) in [6, 6.07) is 90.8. The molecule has 0 unspecified atom stereocenters. The van der Waals surface area contributed by atoms with Crippen molar-refractivity contribution in [1.82, 2.24) is 0 Å². The maximum Gasteiger partial charge on any atom is 0.336 e. The average Bonchev–Trinajstić information content (AvgIpc) is 4.05. The summed E-state index contributed by atoms with van der Waals surface area (Å²) in [4.78, 5) is 24.2. The lowest BCUT2D eigenvalue weighted by molar-refractivity contribution is 0.0687. The highest BCUT2D eigenvalue weighted by molar-refractivity contribution is 5.97. The maximum atomic E-state index is 12.1. The lowest BCUT2D eigenvalue weighted by Crippen LogP contribution is -2.28. The van der Waals surface area contributed by atoms with Gasteiger partial charge in [0, 0.05) is 11.1 Å². The second kappa shape index (κ2) is 20.3. The minimum absolute atomic E-state index is 0.258. The number of rotatable bonds is 14. The molecule has 0 aliphatic heterocycles. The Morgan fingerprint density at radius 3 is 1.09 bits per heavy atom. The fourth-order valence-corrected chi connectivity index (χ4v) is 11.7. The summed E-state index contributed by atoms with van der Waals surface area (Å²) >= 11 is 0. The first-order chi connectivity index (χ1) is 38.8. The van der Waals surface area contributed by atoms with E-state index in [2.05, 4.69) is 170 Å². The second-order valence-corrected chi connectivity index (χ2v) is 20.1. The highest BCUT2D eigenvalue weighted by atomic mass is 16.5. The molecule has 0 atom stereocenters. The van der Waals surface area contributed by atoms with E-state index in [0.717, 1.165) is 88.7 Å². The number of hydrogen-bond donors (Lipinski definition) is 2. The van der Waals surface area contributed by atoms with Gasteiger partial charge in [-0.05, 0) is 148 Å². The fraction of sp³-hybridized carbons (Fsp3) is 0.0411. The lowest BCUT2D eigenvalue weighted by Gasteiger charge is -2.35. The van der Waals surface area contributed by atoms with Crippen LogP contribution in [0, 0.1) is 0 Å². The third kappa shape index (κ3) is 8.85. The normalized spacial score (nSPS) is 12.2. The van der Waals surface area contributed by atoms with Crippen LogP contribution in [0.25, 0.3) is 77.2 Å². The van der Waals surface area contributed by atoms with Crippen LogP contribution >= 0.6 is 0 Å². The van der Waals surface area contributed by atoms with E-state index in [-0.39, 0.29) is 24.3 Å². The quantitative estimate of drug-likeness (QED) is 0.113. The molecule has 0 saturated heterocycles. The highest BCUT2D eigenvalue weighted by Crippen LogP contribution is 2.58. The number of carboxylic acid groups (broad SMARTS) is 2. The van der Waals surface area contributed by atoms with Gasteiger partial charge in [-0.25, -0.2) is 9.59 Å². The van der Waals surface area contributed by atoms with E-state index >= 15 is 0 Å². The van der Waals surface area contributed by atoms with E-state index in [1.165, 1.54) is 22.3 Å². The highest BCUT2D eigenvalue weighted by Gasteiger charge is 2.46. The first-order valence-electron chi connectivity index (χ1n) is 26.4. The zero-order chi connectivity index (χ0) is 53.5. The van der Waals surface area contributed by atoms with Crippen LogP contribution in [-0.4, -0.2) is 22.2 Å². The summed E-state index contributed by atoms with van der Waals surface area (Å²) in [6.45, 7) is 0.577. The second-order valence-electron chi connectivity index (χ2n) is 20.1. The third-order valence-corrected chi connectivity index (χ3v) is 15.5. The minimum Gasteiger partial charge on any atom is -0.488 e. The summed E-state index contributed by atoms with van der Waals surface area (Å²) < 4.78 is 13.8. The standard InChI is InChI=1S/C73H50O6/c74-71(75)63-21-7-5-17-59(63)51-29-25-47(26-30-51)45-78-69-39-37-57(43-65(69)55-35-33-49-13-1-3-15-53(49)41-55)73(67-23-11-9-19-61(67)62-20-10-12-24-68(62)73)58-38-40-70(66(44-58)56-36-34-50-14-2-4-16-54(50)42-56)79-46-48-27-31-52(32-28-48)60-18-6-8-22-64(60)72(76)77/h1-44H,45-46H2,(H,74,75)(H,76,77). The van der Waals surface area contributed by atoms with E-state index in [0.29, 0.717) is 11.1 Å². The van der Waals surface area contributed by atoms with Crippen molar-refractivity contribution in [2.24, 2.45) is 0 Å². The van der Waals surface area contributed by atoms with Crippen LogP contribution in [0.5, 0.6) is 11.5 Å². The smallest absolute Gasteiger partial charge is 0.336 e. The van der Waals surface area contributed by atoms with Gasteiger partial charge in [0.1, 0.15) is 24.7 Å². The van der Waals surface area contributed by atoms with E-state index in [4.69, 9.17) is 9.47 Å². The number of aromatic carboxylic acids is 2. The molecular formula is C73H50O6. The molecular weight excluding hydrogens is 973 g/mol. The van der Waals surface area contributed by atoms with Crippen molar-refractivity contribution in [2.75, 3.05) is 0 Å². The van der Waals surface area contributed by atoms with Crippen LogP contribution in [0.2, 0.25) is 0 Å². The number of fused-ring (bicyclic) bond motifs is 5. The molecule has 378 valence electrons. The van der Waals surface area contributed by atoms with Gasteiger partial charge in [0.15, 0.2) is 0 Å². The van der Waals surface area contributed by atoms with Gasteiger partial charge in [-0.3, -0.25) is 0 Å². The van der Waals surface area contributed by atoms with E-state index in [1.807, 2.05) is 72.8 Å². The van der Waals surface area contributed by atoms with E-state index in [1.54, 1.807) is 24.3 Å². The van der Waals surface area contributed by atoms with Crippen LogP contribution in [0.1, 0.15) is 54.1 Å². The Balaban J connectivity index is 0.947. The van der Waals surface area contributed by atoms with Gasteiger partial charge in [-0.1, -0.05) is 218 Å². The van der Waals surface area contributed by atoms with Crippen molar-refractivity contribution >= 4 is 33.5 Å². The Hall–Kier alpha value is -10.3. The molecule has 0 bridgehead atoms. The van der Waals surface area contributed by atoms with Crippen LogP contribution in [0.3, 0.4) is 0 Å². The molecule has 0 fully saturated rings. The molecule has 79 heavy (non-hydrogen) atoms. The number of hydrogen-bond acceptors (Lipinski definition) is 4. The summed E-state index contributed by atoms with van der Waals surface area (Å²) in [7, 11) is 0. The molecule has 0 amide bonds. The fourth-order valence-electron chi connectivity index (χ4n) is 11.7. The Morgan fingerprint density at radius 1 is 0.316 bits per heavy atom. The van der Waals surface area contributed by atoms with Crippen LogP contribution in [0.15, 0.2) is 267 Å². The molecule has 0 spiro atoms. The predicted molar refractivity (Wildman–Crippen MR) is 316 cm³/mol. The Kier molecular flexibility index (Phi) is 12.4. The molecule has 2 N–H and O–H groups in total. The monoisotopic (exact) mass is 1020 g/mol. The number of benzene rings is 12. The molecule has 12 aromatic rings. The molecule has 1 aliphatic rings. The van der Waals surface area contributed by atoms with Crippen molar-refractivity contribution < 1.29 is 29.3 Å². The summed E-state index contributed by atoms with van der Waals surface area (Å²) in [5, 5.41) is 24.3. The van der Waals surface area contributed by atoms with Crippen LogP contribution < -0.4 is 9.47 Å². The van der Waals surface area contributed by atoms with Gasteiger partial charge in [0.2, 0.25) is 0 Å². The van der Waals surface area contributed by atoms with Crippen LogP contribution in [0.4, 0.5) is 0 Å². The van der Waals surface area contributed by atoms with Gasteiger partial charge in [0.05, 0.1) is 16.5 Å². The summed E-state index contributed by atoms with van der Waals surface area (Å²) in [6.07, 6.45) is 0. The van der Waals surface area contributed by atoms with Gasteiger partial charge in [0.25, 0.3) is 0 Å². The largest absolute Gasteiger partial charge is 0.488 e. The van der Waals surface area contributed by atoms with Crippen molar-refractivity contribution in [3.05, 3.63) is 311 Å². The van der Waals surface area contributed by atoms with Gasteiger partial charge in [-0.15, -0.1) is 0 Å². The summed E-state index contributed by atoms with van der Waals surface area (Å²) in [5.74, 6) is -0.466. The first-order valence-corrected chi connectivity index (χ1v) is 26.4. The van der Waals surface area contributed by atoms with Crippen molar-refractivity contribution in [1.29, 1.82) is 0 Å². The SMILES string of the molecule is O=C(O)c1ccccc1-c1ccc(COc2ccc(C3(c4ccc(OCc5ccc(-c6ccccc6C(=O)O)cc5)c(-c5ccc6ccccc6c5)c4)c4ccccc4-c4ccccc43)cc2-c2ccc3ccccc3c2)cc1. The number of ether oxygens (including phenoxy) is 2. The topological polar surface area (TPSA) is 93.1 Å². The maximum absolute atomic E-state index is 12.1. The Bertz CT molecular complexity index is 4050. The molecule has 12 aromatic carbocycles. The van der Waals surface area contributed by atoms with E-state index < -0.39 is 17.4 Å². The zero-order valence-electron chi connectivity index (χ0n) is 42.8. The molecule has 6 heteroatoms. The molecule has 0 aromatic heterocycles. The van der Waals surface area contributed by atoms with Crippen molar-refractivity contribution in [3.8, 4) is 67.1 Å². The Morgan fingerprint density at radius 2 is 0.671 bits per heavy atom. The third-order valence-electron chi connectivity index (χ3n) is 15.5. The van der Waals surface area contributed by atoms with Gasteiger partial charge < -0.3 is 19.7 Å². The molecule has 13 rings (SSSR count). The number of carbonyl (C=O) groups is 2. The lowest BCUT2D eigenvalue weighted by atomic mass is 9.67. The molecule has 0 saturated carbocycles. The molecule has 1 aliphatic carbocycles. The zero-order valence-corrected chi connectivity index (χ0v) is 42.8. The minimum atomic E-state index is -0.963. The van der Waals surface area contributed by atoms with E-state index in [9.17, 15) is 19.8 Å². The van der Waals surface area contributed by atoms with Gasteiger partial charge in [-0.2, -0.15) is 0 Å². The molecule has 0 heterocycles. The Labute approximate surface area is 457 Å². The predicted octanol–water partition coefficient (Wildman–Crippen LogP) is 17.6. The van der Waals surface area contributed by atoms with Crippen molar-refractivity contribution in [2.45, 2.75) is 18.6 Å².